The molecule has 2 N–H and O–H groups in total. The monoisotopic (exact) mass is 429 g/mol. The Morgan fingerprint density at radius 3 is 2.32 bits per heavy atom. The molecule has 4 aromatic rings. The third kappa shape index (κ3) is 5.10. The van der Waals surface area contributed by atoms with E-state index < -0.39 is 10.1 Å². The highest BCUT2D eigenvalue weighted by atomic mass is 32.2. The summed E-state index contributed by atoms with van der Waals surface area (Å²) in [7, 11) is -4.19. The molecule has 0 atom stereocenters. The van der Waals surface area contributed by atoms with Gasteiger partial charge in [0.1, 0.15) is 0 Å². The van der Waals surface area contributed by atoms with Crippen LogP contribution >= 0.6 is 0 Å². The molecule has 0 amide bonds. The summed E-state index contributed by atoms with van der Waals surface area (Å²) in [6.45, 7) is 0. The number of hydrogen-bond donors (Lipinski definition) is 2. The summed E-state index contributed by atoms with van der Waals surface area (Å²) >= 11 is 0. The zero-order valence-electron chi connectivity index (χ0n) is 16.5. The Balaban J connectivity index is 1.55. The van der Waals surface area contributed by atoms with Gasteiger partial charge in [0.05, 0.1) is 4.90 Å². The highest BCUT2D eigenvalue weighted by Gasteiger charge is 2.08. The summed E-state index contributed by atoms with van der Waals surface area (Å²) in [6, 6.07) is 23.3. The standard InChI is InChI=1S/C25H19NO4S/c27-25-22(16-19-5-2-1-3-6-19)17-21-15-20(11-14-24(21)26-25)8-4-7-18-9-12-23(13-10-18)31(28,29)30/h1-3,5-6,9-15,17H,7,16H2,(H,26,27)(H,28,29,30). The van der Waals surface area contributed by atoms with E-state index in [1.54, 1.807) is 12.1 Å². The van der Waals surface area contributed by atoms with Gasteiger partial charge < -0.3 is 4.98 Å². The molecule has 0 aliphatic rings. The molecule has 0 fully saturated rings. The Labute approximate surface area is 180 Å². The number of H-pyrrole nitrogens is 1. The summed E-state index contributed by atoms with van der Waals surface area (Å²) in [5, 5.41) is 0.912. The fourth-order valence-corrected chi connectivity index (χ4v) is 3.78. The molecule has 0 aliphatic carbocycles. The normalized spacial score (nSPS) is 11.1. The molecule has 6 heteroatoms. The van der Waals surface area contributed by atoms with Gasteiger partial charge in [-0.2, -0.15) is 8.42 Å². The van der Waals surface area contributed by atoms with E-state index in [2.05, 4.69) is 16.8 Å². The molecule has 31 heavy (non-hydrogen) atoms. The number of benzene rings is 3. The van der Waals surface area contributed by atoms with Crippen molar-refractivity contribution in [2.75, 3.05) is 0 Å². The molecule has 3 aromatic carbocycles. The van der Waals surface area contributed by atoms with Crippen LogP contribution in [0.3, 0.4) is 0 Å². The number of aromatic amines is 1. The van der Waals surface area contributed by atoms with E-state index in [0.29, 0.717) is 18.4 Å². The van der Waals surface area contributed by atoms with Gasteiger partial charge in [-0.05, 0) is 52.9 Å². The maximum Gasteiger partial charge on any atom is 0.294 e. The van der Waals surface area contributed by atoms with Gasteiger partial charge >= 0.3 is 0 Å². The molecule has 4 rings (SSSR count). The van der Waals surface area contributed by atoms with Gasteiger partial charge in [-0.1, -0.05) is 54.3 Å². The van der Waals surface area contributed by atoms with E-state index in [0.717, 1.165) is 27.6 Å². The third-order valence-corrected chi connectivity index (χ3v) is 5.77. The summed E-state index contributed by atoms with van der Waals surface area (Å²) in [4.78, 5) is 15.2. The van der Waals surface area contributed by atoms with Crippen molar-refractivity contribution >= 4 is 21.0 Å². The van der Waals surface area contributed by atoms with Gasteiger partial charge in [0.2, 0.25) is 0 Å². The van der Waals surface area contributed by atoms with Crippen molar-refractivity contribution in [3.63, 3.8) is 0 Å². The van der Waals surface area contributed by atoms with Crippen LogP contribution in [0.5, 0.6) is 0 Å². The summed E-state index contributed by atoms with van der Waals surface area (Å²) < 4.78 is 31.2. The Hall–Kier alpha value is -3.66. The lowest BCUT2D eigenvalue weighted by molar-refractivity contribution is 0.483. The third-order valence-electron chi connectivity index (χ3n) is 4.90. The molecule has 1 aromatic heterocycles. The van der Waals surface area contributed by atoms with Crippen LogP contribution in [0.4, 0.5) is 0 Å². The first kappa shape index (κ1) is 20.6. The molecule has 0 spiro atoms. The fraction of sp³-hybridized carbons (Fsp3) is 0.0800. The van der Waals surface area contributed by atoms with E-state index in [4.69, 9.17) is 4.55 Å². The zero-order valence-corrected chi connectivity index (χ0v) is 17.3. The zero-order chi connectivity index (χ0) is 21.8. The van der Waals surface area contributed by atoms with Crippen LogP contribution in [0.2, 0.25) is 0 Å². The first-order valence-corrected chi connectivity index (χ1v) is 11.1. The summed E-state index contributed by atoms with van der Waals surface area (Å²) in [5.74, 6) is 6.18. The van der Waals surface area contributed by atoms with Crippen molar-refractivity contribution in [3.8, 4) is 11.8 Å². The van der Waals surface area contributed by atoms with Crippen LogP contribution < -0.4 is 5.56 Å². The van der Waals surface area contributed by atoms with Gasteiger partial charge in [-0.25, -0.2) is 0 Å². The molecule has 0 aliphatic heterocycles. The summed E-state index contributed by atoms with van der Waals surface area (Å²) in [5.41, 5.74) is 4.10. The van der Waals surface area contributed by atoms with E-state index >= 15 is 0 Å². The number of hydrogen-bond acceptors (Lipinski definition) is 3. The van der Waals surface area contributed by atoms with Crippen molar-refractivity contribution < 1.29 is 13.0 Å². The molecule has 0 saturated heterocycles. The quantitative estimate of drug-likeness (QED) is 0.380. The minimum Gasteiger partial charge on any atom is -0.322 e. The van der Waals surface area contributed by atoms with Crippen LogP contribution in [0.25, 0.3) is 10.9 Å². The Morgan fingerprint density at radius 1 is 0.871 bits per heavy atom. The average molecular weight is 429 g/mol. The number of rotatable bonds is 4. The molecule has 154 valence electrons. The molecule has 0 saturated carbocycles. The molecular formula is C25H19NO4S. The number of aromatic nitrogens is 1. The minimum absolute atomic E-state index is 0.0940. The van der Waals surface area contributed by atoms with Crippen LogP contribution in [0.1, 0.15) is 22.3 Å². The summed E-state index contributed by atoms with van der Waals surface area (Å²) in [6.07, 6.45) is 0.996. The van der Waals surface area contributed by atoms with E-state index in [-0.39, 0.29) is 10.5 Å². The van der Waals surface area contributed by atoms with Crippen LogP contribution in [0.15, 0.2) is 88.6 Å². The molecule has 5 nitrogen and oxygen atoms in total. The Morgan fingerprint density at radius 2 is 1.61 bits per heavy atom. The van der Waals surface area contributed by atoms with Crippen molar-refractivity contribution in [2.45, 2.75) is 17.7 Å². The van der Waals surface area contributed by atoms with Crippen molar-refractivity contribution in [2.24, 2.45) is 0 Å². The highest BCUT2D eigenvalue weighted by molar-refractivity contribution is 7.85. The van der Waals surface area contributed by atoms with Crippen molar-refractivity contribution in [3.05, 3.63) is 111 Å². The second kappa shape index (κ2) is 8.60. The highest BCUT2D eigenvalue weighted by Crippen LogP contribution is 2.16. The molecule has 0 bridgehead atoms. The van der Waals surface area contributed by atoms with Crippen molar-refractivity contribution in [1.29, 1.82) is 0 Å². The average Bonchev–Trinajstić information content (AvgIpc) is 2.75. The van der Waals surface area contributed by atoms with E-state index in [9.17, 15) is 13.2 Å². The predicted molar refractivity (Wildman–Crippen MR) is 121 cm³/mol. The van der Waals surface area contributed by atoms with Gasteiger partial charge in [0, 0.05) is 29.5 Å². The van der Waals surface area contributed by atoms with Crippen molar-refractivity contribution in [1.82, 2.24) is 4.98 Å². The maximum atomic E-state index is 12.4. The lowest BCUT2D eigenvalue weighted by Gasteiger charge is -2.04. The SMILES string of the molecule is O=c1[nH]c2ccc(C#CCc3ccc(S(=O)(=O)O)cc3)cc2cc1Cc1ccccc1. The smallest absolute Gasteiger partial charge is 0.294 e. The topological polar surface area (TPSA) is 87.2 Å². The van der Waals surface area contributed by atoms with Gasteiger partial charge in [0.25, 0.3) is 15.7 Å². The largest absolute Gasteiger partial charge is 0.322 e. The number of pyridine rings is 1. The van der Waals surface area contributed by atoms with Crippen LogP contribution in [0, 0.1) is 11.8 Å². The number of fused-ring (bicyclic) bond motifs is 1. The van der Waals surface area contributed by atoms with E-state index in [1.165, 1.54) is 12.1 Å². The lowest BCUT2D eigenvalue weighted by atomic mass is 10.0. The number of nitrogens with one attached hydrogen (secondary N) is 1. The van der Waals surface area contributed by atoms with Gasteiger partial charge in [0.15, 0.2) is 0 Å². The molecule has 0 unspecified atom stereocenters. The maximum absolute atomic E-state index is 12.4. The van der Waals surface area contributed by atoms with E-state index in [1.807, 2.05) is 54.6 Å². The predicted octanol–water partition coefficient (Wildman–Crippen LogP) is 3.96. The lowest BCUT2D eigenvalue weighted by Crippen LogP contribution is -2.12. The Bertz CT molecular complexity index is 1460. The first-order chi connectivity index (χ1) is 14.9. The Kier molecular flexibility index (Phi) is 5.72. The van der Waals surface area contributed by atoms with Crippen LogP contribution in [-0.2, 0) is 23.0 Å². The van der Waals surface area contributed by atoms with Gasteiger partial charge in [-0.15, -0.1) is 0 Å². The van der Waals surface area contributed by atoms with Crippen LogP contribution in [-0.4, -0.2) is 18.0 Å². The second-order valence-electron chi connectivity index (χ2n) is 7.19. The molecule has 0 radical (unpaired) electrons. The molecule has 1 heterocycles. The fourth-order valence-electron chi connectivity index (χ4n) is 3.30. The first-order valence-electron chi connectivity index (χ1n) is 9.64. The van der Waals surface area contributed by atoms with Gasteiger partial charge in [-0.3, -0.25) is 9.35 Å². The minimum atomic E-state index is -4.19. The molecular weight excluding hydrogens is 410 g/mol. The second-order valence-corrected chi connectivity index (χ2v) is 8.61.